The molecular formula is C17H17N. The molecule has 0 bridgehead atoms. The van der Waals surface area contributed by atoms with Crippen LogP contribution in [0.1, 0.15) is 30.4 Å². The van der Waals surface area contributed by atoms with Gasteiger partial charge in [-0.2, -0.15) is 0 Å². The lowest BCUT2D eigenvalue weighted by molar-refractivity contribution is 0.629. The van der Waals surface area contributed by atoms with Crippen molar-refractivity contribution in [1.29, 1.82) is 0 Å². The summed E-state index contributed by atoms with van der Waals surface area (Å²) in [4.78, 5) is 4.83. The summed E-state index contributed by atoms with van der Waals surface area (Å²) in [5.41, 5.74) is 3.92. The zero-order chi connectivity index (χ0) is 12.4. The van der Waals surface area contributed by atoms with Crippen molar-refractivity contribution in [2.24, 2.45) is 4.99 Å². The first kappa shape index (κ1) is 11.2. The molecule has 0 amide bonds. The smallest absolute Gasteiger partial charge is 0.0547 e. The van der Waals surface area contributed by atoms with Gasteiger partial charge in [0.1, 0.15) is 0 Å². The van der Waals surface area contributed by atoms with Crippen molar-refractivity contribution >= 4 is 5.71 Å². The van der Waals surface area contributed by atoms with Crippen LogP contribution in [0.3, 0.4) is 0 Å². The second-order valence-electron chi connectivity index (χ2n) is 4.90. The molecule has 2 unspecified atom stereocenters. The predicted molar refractivity (Wildman–Crippen MR) is 76.2 cm³/mol. The van der Waals surface area contributed by atoms with E-state index in [0.29, 0.717) is 12.0 Å². The fraction of sp³-hybridized carbons (Fsp3) is 0.235. The van der Waals surface area contributed by atoms with E-state index in [1.165, 1.54) is 16.8 Å². The summed E-state index contributed by atoms with van der Waals surface area (Å²) in [5, 5.41) is 0. The monoisotopic (exact) mass is 235 g/mol. The van der Waals surface area contributed by atoms with Crippen molar-refractivity contribution in [1.82, 2.24) is 0 Å². The van der Waals surface area contributed by atoms with Gasteiger partial charge in [0.2, 0.25) is 0 Å². The largest absolute Gasteiger partial charge is 0.285 e. The number of rotatable bonds is 2. The summed E-state index contributed by atoms with van der Waals surface area (Å²) >= 11 is 0. The second-order valence-corrected chi connectivity index (χ2v) is 4.90. The second kappa shape index (κ2) is 4.77. The summed E-state index contributed by atoms with van der Waals surface area (Å²) in [7, 11) is 0. The molecule has 2 atom stereocenters. The maximum atomic E-state index is 4.83. The van der Waals surface area contributed by atoms with Crippen molar-refractivity contribution in [2.75, 3.05) is 0 Å². The molecule has 18 heavy (non-hydrogen) atoms. The highest BCUT2D eigenvalue weighted by molar-refractivity contribution is 6.02. The quantitative estimate of drug-likeness (QED) is 0.744. The van der Waals surface area contributed by atoms with Crippen LogP contribution < -0.4 is 0 Å². The average molecular weight is 235 g/mol. The molecular weight excluding hydrogens is 218 g/mol. The third kappa shape index (κ3) is 2.08. The van der Waals surface area contributed by atoms with Gasteiger partial charge in [-0.25, -0.2) is 0 Å². The number of hydrogen-bond donors (Lipinski definition) is 0. The molecule has 1 aliphatic rings. The molecule has 2 aromatic rings. The van der Waals surface area contributed by atoms with Gasteiger partial charge < -0.3 is 0 Å². The number of benzene rings is 2. The molecule has 0 N–H and O–H groups in total. The van der Waals surface area contributed by atoms with Crippen LogP contribution >= 0.6 is 0 Å². The van der Waals surface area contributed by atoms with Crippen LogP contribution in [0.4, 0.5) is 0 Å². The van der Waals surface area contributed by atoms with Crippen molar-refractivity contribution in [2.45, 2.75) is 25.3 Å². The van der Waals surface area contributed by atoms with Gasteiger partial charge in [0, 0.05) is 11.6 Å². The van der Waals surface area contributed by atoms with Crippen LogP contribution in [0.5, 0.6) is 0 Å². The molecule has 1 heteroatoms. The third-order valence-electron chi connectivity index (χ3n) is 3.69. The van der Waals surface area contributed by atoms with Crippen LogP contribution in [0.25, 0.3) is 0 Å². The van der Waals surface area contributed by atoms with Gasteiger partial charge in [0.05, 0.1) is 6.04 Å². The van der Waals surface area contributed by atoms with Gasteiger partial charge in [0.15, 0.2) is 0 Å². The minimum atomic E-state index is 0.377. The minimum Gasteiger partial charge on any atom is -0.285 e. The van der Waals surface area contributed by atoms with E-state index in [4.69, 9.17) is 4.99 Å². The molecule has 0 radical (unpaired) electrons. The number of hydrogen-bond acceptors (Lipinski definition) is 1. The predicted octanol–water partition coefficient (Wildman–Crippen LogP) is 4.05. The van der Waals surface area contributed by atoms with Crippen LogP contribution in [0, 0.1) is 0 Å². The minimum absolute atomic E-state index is 0.377. The normalized spacial score (nSPS) is 22.8. The Balaban J connectivity index is 1.85. The summed E-state index contributed by atoms with van der Waals surface area (Å²) in [5.74, 6) is 0.529. The summed E-state index contributed by atoms with van der Waals surface area (Å²) in [6.45, 7) is 2.22. The molecule has 1 heterocycles. The first-order valence-electron chi connectivity index (χ1n) is 6.51. The highest BCUT2D eigenvalue weighted by Gasteiger charge is 2.27. The highest BCUT2D eigenvalue weighted by atomic mass is 14.8. The van der Waals surface area contributed by atoms with Crippen molar-refractivity contribution in [3.63, 3.8) is 0 Å². The summed E-state index contributed by atoms with van der Waals surface area (Å²) < 4.78 is 0. The molecule has 0 aliphatic carbocycles. The van der Waals surface area contributed by atoms with Crippen molar-refractivity contribution in [3.8, 4) is 0 Å². The Morgan fingerprint density at radius 2 is 1.50 bits per heavy atom. The van der Waals surface area contributed by atoms with E-state index in [9.17, 15) is 0 Å². The molecule has 0 saturated carbocycles. The first-order chi connectivity index (χ1) is 8.84. The first-order valence-corrected chi connectivity index (χ1v) is 6.51. The van der Waals surface area contributed by atoms with Gasteiger partial charge in [-0.3, -0.25) is 4.99 Å². The van der Waals surface area contributed by atoms with E-state index in [1.807, 2.05) is 0 Å². The topological polar surface area (TPSA) is 12.4 Å². The van der Waals surface area contributed by atoms with Gasteiger partial charge in [-0.05, 0) is 24.5 Å². The Morgan fingerprint density at radius 1 is 0.889 bits per heavy atom. The lowest BCUT2D eigenvalue weighted by Crippen LogP contribution is -2.08. The molecule has 0 spiro atoms. The zero-order valence-corrected chi connectivity index (χ0v) is 10.6. The lowest BCUT2D eigenvalue weighted by Gasteiger charge is -2.13. The molecule has 0 aromatic heterocycles. The molecule has 1 nitrogen and oxygen atoms in total. The molecule has 2 aromatic carbocycles. The molecule has 3 rings (SSSR count). The van der Waals surface area contributed by atoms with E-state index in [2.05, 4.69) is 67.6 Å². The summed E-state index contributed by atoms with van der Waals surface area (Å²) in [6.07, 6.45) is 1.05. The van der Waals surface area contributed by atoms with E-state index >= 15 is 0 Å². The van der Waals surface area contributed by atoms with Crippen molar-refractivity contribution < 1.29 is 0 Å². The van der Waals surface area contributed by atoms with E-state index in [-0.39, 0.29) is 0 Å². The fourth-order valence-electron chi connectivity index (χ4n) is 2.69. The SMILES string of the molecule is CC1N=C(c2ccccc2)CC1c1ccccc1. The van der Waals surface area contributed by atoms with Gasteiger partial charge in [-0.15, -0.1) is 0 Å². The Bertz CT molecular complexity index is 542. The van der Waals surface area contributed by atoms with Crippen molar-refractivity contribution in [3.05, 3.63) is 71.8 Å². The molecule has 0 fully saturated rings. The maximum absolute atomic E-state index is 4.83. The van der Waals surface area contributed by atoms with Crippen LogP contribution in [-0.4, -0.2) is 11.8 Å². The van der Waals surface area contributed by atoms with Gasteiger partial charge >= 0.3 is 0 Å². The van der Waals surface area contributed by atoms with E-state index in [0.717, 1.165) is 6.42 Å². The maximum Gasteiger partial charge on any atom is 0.0547 e. The number of aliphatic imine (C=N–C) groups is 1. The highest BCUT2D eigenvalue weighted by Crippen LogP contribution is 2.33. The summed E-state index contributed by atoms with van der Waals surface area (Å²) in [6, 6.07) is 21.6. The number of nitrogens with zero attached hydrogens (tertiary/aromatic N) is 1. The molecule has 1 aliphatic heterocycles. The van der Waals surface area contributed by atoms with E-state index < -0.39 is 0 Å². The van der Waals surface area contributed by atoms with Crippen LogP contribution in [0.2, 0.25) is 0 Å². The average Bonchev–Trinajstić information content (AvgIpc) is 2.83. The fourth-order valence-corrected chi connectivity index (χ4v) is 2.69. The Morgan fingerprint density at radius 3 is 2.17 bits per heavy atom. The van der Waals surface area contributed by atoms with Gasteiger partial charge in [0.25, 0.3) is 0 Å². The molecule has 90 valence electrons. The third-order valence-corrected chi connectivity index (χ3v) is 3.69. The van der Waals surface area contributed by atoms with E-state index in [1.54, 1.807) is 0 Å². The zero-order valence-electron chi connectivity index (χ0n) is 10.6. The van der Waals surface area contributed by atoms with Gasteiger partial charge in [-0.1, -0.05) is 60.7 Å². The van der Waals surface area contributed by atoms with Crippen LogP contribution in [0.15, 0.2) is 65.7 Å². The Kier molecular flexibility index (Phi) is 2.97. The molecule has 0 saturated heterocycles. The van der Waals surface area contributed by atoms with Crippen LogP contribution in [-0.2, 0) is 0 Å². The standard InChI is InChI=1S/C17H17N/c1-13-16(14-8-4-2-5-9-14)12-17(18-13)15-10-6-3-7-11-15/h2-11,13,16H,12H2,1H3. The Hall–Kier alpha value is -1.89. The Labute approximate surface area is 108 Å². The lowest BCUT2D eigenvalue weighted by atomic mass is 9.90.